The summed E-state index contributed by atoms with van der Waals surface area (Å²) in [5.74, 6) is 0.545. The highest BCUT2D eigenvalue weighted by atomic mass is 16.5. The van der Waals surface area contributed by atoms with E-state index in [-0.39, 0.29) is 18.6 Å². The van der Waals surface area contributed by atoms with Gasteiger partial charge in [0.2, 0.25) is 5.88 Å². The summed E-state index contributed by atoms with van der Waals surface area (Å²) in [5, 5.41) is 0. The number of imidazole rings is 1. The van der Waals surface area contributed by atoms with Gasteiger partial charge in [-0.25, -0.2) is 15.0 Å². The predicted molar refractivity (Wildman–Crippen MR) is 127 cm³/mol. The fraction of sp³-hybridized carbons (Fsp3) is 0.292. The second-order valence-electron chi connectivity index (χ2n) is 8.17. The third-order valence-corrected chi connectivity index (χ3v) is 5.64. The number of hydrogen-bond donors (Lipinski definition) is 1. The number of anilines is 1. The van der Waals surface area contributed by atoms with Crippen molar-refractivity contribution in [3.05, 3.63) is 60.9 Å². The zero-order valence-electron chi connectivity index (χ0n) is 19.0. The lowest BCUT2D eigenvalue weighted by Gasteiger charge is -2.32. The van der Waals surface area contributed by atoms with Crippen LogP contribution >= 0.6 is 0 Å². The lowest BCUT2D eigenvalue weighted by molar-refractivity contribution is -0.0407. The van der Waals surface area contributed by atoms with E-state index in [0.29, 0.717) is 42.4 Å². The van der Waals surface area contributed by atoms with Crippen LogP contribution in [0.25, 0.3) is 22.3 Å². The Morgan fingerprint density at radius 3 is 2.76 bits per heavy atom. The summed E-state index contributed by atoms with van der Waals surface area (Å²) in [6.45, 7) is 1.55. The van der Waals surface area contributed by atoms with Crippen LogP contribution in [-0.4, -0.2) is 82.2 Å². The Hall–Kier alpha value is -4.05. The molecule has 1 aromatic carbocycles. The number of nitrogens with one attached hydrogen (secondary N) is 1. The van der Waals surface area contributed by atoms with Crippen molar-refractivity contribution >= 4 is 22.6 Å². The van der Waals surface area contributed by atoms with Crippen LogP contribution < -0.4 is 9.64 Å². The predicted octanol–water partition coefficient (Wildman–Crippen LogP) is 2.40. The highest BCUT2D eigenvalue weighted by molar-refractivity contribution is 5.90. The van der Waals surface area contributed by atoms with Crippen molar-refractivity contribution in [2.24, 2.45) is 0 Å². The first-order valence-corrected chi connectivity index (χ1v) is 11.0. The van der Waals surface area contributed by atoms with Gasteiger partial charge in [-0.15, -0.1) is 0 Å². The van der Waals surface area contributed by atoms with E-state index in [2.05, 4.69) is 19.9 Å². The van der Waals surface area contributed by atoms with Crippen LogP contribution in [0.15, 0.2) is 55.1 Å². The van der Waals surface area contributed by atoms with Crippen LogP contribution in [-0.2, 0) is 4.74 Å². The van der Waals surface area contributed by atoms with Crippen molar-refractivity contribution in [2.75, 3.05) is 45.3 Å². The van der Waals surface area contributed by atoms with Gasteiger partial charge in [0.25, 0.3) is 5.91 Å². The van der Waals surface area contributed by atoms with E-state index in [1.807, 2.05) is 49.3 Å². The van der Waals surface area contributed by atoms with E-state index in [0.717, 1.165) is 16.9 Å². The molecule has 0 spiro atoms. The Balaban J connectivity index is 1.35. The number of nitrogens with zero attached hydrogens (tertiary/aromatic N) is 6. The summed E-state index contributed by atoms with van der Waals surface area (Å²) in [6, 6.07) is 10.0. The first-order chi connectivity index (χ1) is 16.6. The molecule has 4 heterocycles. The first-order valence-electron chi connectivity index (χ1n) is 11.0. The zero-order chi connectivity index (χ0) is 23.5. The number of benzene rings is 1. The van der Waals surface area contributed by atoms with Gasteiger partial charge >= 0.3 is 0 Å². The fourth-order valence-corrected chi connectivity index (χ4v) is 3.83. The number of aromatic nitrogens is 5. The van der Waals surface area contributed by atoms with Crippen LogP contribution in [0.2, 0.25) is 0 Å². The lowest BCUT2D eigenvalue weighted by atomic mass is 10.1. The molecule has 3 aromatic heterocycles. The summed E-state index contributed by atoms with van der Waals surface area (Å²) in [7, 11) is 4.00. The third kappa shape index (κ3) is 4.53. The van der Waals surface area contributed by atoms with Gasteiger partial charge in [-0.3, -0.25) is 9.78 Å². The molecule has 10 nitrogen and oxygen atoms in total. The molecule has 1 amide bonds. The Bertz CT molecular complexity index is 1280. The summed E-state index contributed by atoms with van der Waals surface area (Å²) in [4.78, 5) is 36.9. The van der Waals surface area contributed by atoms with Crippen LogP contribution in [0.3, 0.4) is 0 Å². The molecule has 1 fully saturated rings. The zero-order valence-corrected chi connectivity index (χ0v) is 19.0. The Morgan fingerprint density at radius 1 is 1.18 bits per heavy atom. The number of aromatic amines is 1. The molecule has 1 saturated heterocycles. The molecule has 4 aromatic rings. The standard InChI is InChI=1S/C24H25N7O3/c1-30(2)17-5-3-16(4-6-17)19-13-20-21(26-8-7-25-20)23(29-19)34-15-18-14-31(11-12-33-18)24(32)22-27-9-10-28-22/h3-10,13,18H,11-12,14-15H2,1-2H3,(H,27,28). The fourth-order valence-electron chi connectivity index (χ4n) is 3.83. The van der Waals surface area contributed by atoms with Gasteiger partial charge in [0, 0.05) is 56.7 Å². The summed E-state index contributed by atoms with van der Waals surface area (Å²) >= 11 is 0. The van der Waals surface area contributed by atoms with Gasteiger partial charge in [0.1, 0.15) is 12.7 Å². The van der Waals surface area contributed by atoms with Gasteiger partial charge in [0.05, 0.1) is 24.4 Å². The molecule has 5 rings (SSSR count). The van der Waals surface area contributed by atoms with Crippen molar-refractivity contribution in [1.29, 1.82) is 0 Å². The summed E-state index contributed by atoms with van der Waals surface area (Å²) in [5.41, 5.74) is 4.07. The Kier molecular flexibility index (Phi) is 6.05. The molecule has 1 aliphatic heterocycles. The second kappa shape index (κ2) is 9.44. The Labute approximate surface area is 196 Å². The van der Waals surface area contributed by atoms with Crippen molar-refractivity contribution < 1.29 is 14.3 Å². The molecule has 0 aliphatic carbocycles. The van der Waals surface area contributed by atoms with Crippen LogP contribution in [0, 0.1) is 0 Å². The number of carbonyl (C=O) groups excluding carboxylic acids is 1. The van der Waals surface area contributed by atoms with Gasteiger partial charge in [-0.05, 0) is 18.2 Å². The number of carbonyl (C=O) groups is 1. The summed E-state index contributed by atoms with van der Waals surface area (Å²) < 4.78 is 11.9. The number of fused-ring (bicyclic) bond motifs is 1. The molecule has 1 unspecified atom stereocenters. The summed E-state index contributed by atoms with van der Waals surface area (Å²) in [6.07, 6.45) is 6.15. The number of amides is 1. The second-order valence-corrected chi connectivity index (χ2v) is 8.17. The van der Waals surface area contributed by atoms with Gasteiger partial charge in [0.15, 0.2) is 11.3 Å². The topological polar surface area (TPSA) is 109 Å². The monoisotopic (exact) mass is 459 g/mol. The minimum Gasteiger partial charge on any atom is -0.473 e. The molecule has 34 heavy (non-hydrogen) atoms. The van der Waals surface area contributed by atoms with Gasteiger partial charge in [-0.1, -0.05) is 12.1 Å². The lowest BCUT2D eigenvalue weighted by Crippen LogP contribution is -2.47. The molecule has 1 atom stereocenters. The van der Waals surface area contributed by atoms with E-state index in [1.165, 1.54) is 0 Å². The highest BCUT2D eigenvalue weighted by Gasteiger charge is 2.27. The molecule has 1 aliphatic rings. The van der Waals surface area contributed by atoms with E-state index < -0.39 is 0 Å². The number of ether oxygens (including phenoxy) is 2. The number of pyridine rings is 1. The van der Waals surface area contributed by atoms with Crippen molar-refractivity contribution in [3.8, 4) is 17.1 Å². The van der Waals surface area contributed by atoms with Gasteiger partial charge in [-0.2, -0.15) is 0 Å². The average molecular weight is 460 g/mol. The molecular weight excluding hydrogens is 434 g/mol. The van der Waals surface area contributed by atoms with E-state index in [4.69, 9.17) is 14.5 Å². The van der Waals surface area contributed by atoms with Crippen molar-refractivity contribution in [2.45, 2.75) is 6.10 Å². The number of H-pyrrole nitrogens is 1. The van der Waals surface area contributed by atoms with Crippen LogP contribution in [0.4, 0.5) is 5.69 Å². The number of morpholine rings is 1. The van der Waals surface area contributed by atoms with Crippen molar-refractivity contribution in [3.63, 3.8) is 0 Å². The molecule has 0 radical (unpaired) electrons. The normalized spacial score (nSPS) is 15.9. The molecule has 10 heteroatoms. The maximum atomic E-state index is 12.6. The van der Waals surface area contributed by atoms with E-state index >= 15 is 0 Å². The largest absolute Gasteiger partial charge is 0.473 e. The smallest absolute Gasteiger partial charge is 0.289 e. The maximum absolute atomic E-state index is 12.6. The quantitative estimate of drug-likeness (QED) is 0.468. The minimum atomic E-state index is -0.302. The number of rotatable bonds is 6. The number of hydrogen-bond acceptors (Lipinski definition) is 8. The Morgan fingerprint density at radius 2 is 2.00 bits per heavy atom. The van der Waals surface area contributed by atoms with Crippen LogP contribution in [0.5, 0.6) is 5.88 Å². The highest BCUT2D eigenvalue weighted by Crippen LogP contribution is 2.28. The minimum absolute atomic E-state index is 0.157. The average Bonchev–Trinajstić information content (AvgIpc) is 3.42. The first kappa shape index (κ1) is 21.8. The molecule has 0 saturated carbocycles. The maximum Gasteiger partial charge on any atom is 0.289 e. The third-order valence-electron chi connectivity index (χ3n) is 5.64. The van der Waals surface area contributed by atoms with Gasteiger partial charge < -0.3 is 24.3 Å². The molecule has 1 N–H and O–H groups in total. The van der Waals surface area contributed by atoms with Crippen molar-refractivity contribution in [1.82, 2.24) is 29.8 Å². The molecule has 0 bridgehead atoms. The van der Waals surface area contributed by atoms with Crippen LogP contribution in [0.1, 0.15) is 10.6 Å². The molecular formula is C24H25N7O3. The van der Waals surface area contributed by atoms with E-state index in [9.17, 15) is 4.79 Å². The SMILES string of the molecule is CN(C)c1ccc(-c2cc3nccnc3c(OCC3CN(C(=O)c4ncc[nH]4)CCO3)n2)cc1. The van der Waals surface area contributed by atoms with E-state index in [1.54, 1.807) is 29.7 Å². The molecule has 174 valence electrons.